The fraction of sp³-hybridized carbons (Fsp3) is 0.727. The van der Waals surface area contributed by atoms with Crippen molar-refractivity contribution in [2.75, 3.05) is 45.9 Å². The van der Waals surface area contributed by atoms with E-state index in [4.69, 9.17) is 10.5 Å². The first kappa shape index (κ1) is 22.1. The molecule has 0 spiro atoms. The van der Waals surface area contributed by atoms with Crippen molar-refractivity contribution in [3.8, 4) is 0 Å². The first-order valence-electron chi connectivity index (χ1n) is 10.7. The Kier molecular flexibility index (Phi) is 6.91. The number of halogens is 1. The van der Waals surface area contributed by atoms with Gasteiger partial charge in [0.05, 0.1) is 11.1 Å². The van der Waals surface area contributed by atoms with Gasteiger partial charge in [0.1, 0.15) is 5.82 Å². The highest BCUT2D eigenvalue weighted by molar-refractivity contribution is 5.86. The van der Waals surface area contributed by atoms with Gasteiger partial charge in [-0.05, 0) is 44.2 Å². The molecule has 7 heteroatoms. The number of amides is 1. The van der Waals surface area contributed by atoms with Gasteiger partial charge < -0.3 is 15.4 Å². The van der Waals surface area contributed by atoms with Crippen molar-refractivity contribution in [2.45, 2.75) is 51.0 Å². The van der Waals surface area contributed by atoms with Crippen molar-refractivity contribution in [2.24, 2.45) is 11.7 Å². The Hall–Kier alpha value is -1.57. The van der Waals surface area contributed by atoms with E-state index in [0.29, 0.717) is 25.6 Å². The Morgan fingerprint density at radius 1 is 1.31 bits per heavy atom. The maximum absolute atomic E-state index is 14.6. The largest absolute Gasteiger partial charge is 0.381 e. The fourth-order valence-corrected chi connectivity index (χ4v) is 5.01. The third kappa shape index (κ3) is 4.78. The SMILES string of the molecule is CC(C)CN1CCN(C2(CC(C)(C(N)=O)c3ncccc3F)CCOCC2)CC1. The summed E-state index contributed by atoms with van der Waals surface area (Å²) < 4.78 is 20.3. The Labute approximate surface area is 173 Å². The van der Waals surface area contributed by atoms with Crippen LogP contribution in [0.25, 0.3) is 0 Å². The molecular formula is C22H35FN4O2. The first-order chi connectivity index (χ1) is 13.8. The molecule has 2 saturated heterocycles. The van der Waals surface area contributed by atoms with Gasteiger partial charge in [0.15, 0.2) is 0 Å². The molecule has 0 bridgehead atoms. The summed E-state index contributed by atoms with van der Waals surface area (Å²) in [7, 11) is 0. The summed E-state index contributed by atoms with van der Waals surface area (Å²) in [6.45, 7) is 12.5. The normalized spacial score (nSPS) is 23.1. The topological polar surface area (TPSA) is 71.7 Å². The Bertz CT molecular complexity index is 700. The van der Waals surface area contributed by atoms with Crippen molar-refractivity contribution in [1.82, 2.24) is 14.8 Å². The lowest BCUT2D eigenvalue weighted by molar-refractivity contribution is -0.127. The van der Waals surface area contributed by atoms with Crippen LogP contribution in [0.5, 0.6) is 0 Å². The van der Waals surface area contributed by atoms with E-state index in [-0.39, 0.29) is 11.2 Å². The van der Waals surface area contributed by atoms with Crippen LogP contribution in [-0.4, -0.2) is 72.2 Å². The maximum atomic E-state index is 14.6. The molecule has 162 valence electrons. The van der Waals surface area contributed by atoms with Gasteiger partial charge in [0, 0.05) is 57.7 Å². The van der Waals surface area contributed by atoms with Gasteiger partial charge in [-0.25, -0.2) is 4.39 Å². The van der Waals surface area contributed by atoms with E-state index in [1.54, 1.807) is 13.0 Å². The average Bonchev–Trinajstić information content (AvgIpc) is 2.69. The molecule has 0 aliphatic carbocycles. The molecule has 3 rings (SSSR count). The zero-order chi connectivity index (χ0) is 21.1. The molecule has 2 aliphatic heterocycles. The molecule has 29 heavy (non-hydrogen) atoms. The van der Waals surface area contributed by atoms with Gasteiger partial charge in [-0.1, -0.05) is 13.8 Å². The van der Waals surface area contributed by atoms with Crippen LogP contribution in [0, 0.1) is 11.7 Å². The number of primary amides is 1. The lowest BCUT2D eigenvalue weighted by Gasteiger charge is -2.52. The molecule has 1 aromatic rings. The van der Waals surface area contributed by atoms with E-state index in [9.17, 15) is 9.18 Å². The molecule has 2 N–H and O–H groups in total. The van der Waals surface area contributed by atoms with Crippen molar-refractivity contribution in [3.05, 3.63) is 29.8 Å². The number of nitrogens with two attached hydrogens (primary N) is 1. The van der Waals surface area contributed by atoms with E-state index in [1.807, 2.05) is 0 Å². The number of rotatable bonds is 7. The second kappa shape index (κ2) is 9.06. The Balaban J connectivity index is 1.86. The minimum atomic E-state index is -1.17. The molecule has 2 fully saturated rings. The van der Waals surface area contributed by atoms with E-state index >= 15 is 0 Å². The maximum Gasteiger partial charge on any atom is 0.229 e. The van der Waals surface area contributed by atoms with Crippen molar-refractivity contribution in [3.63, 3.8) is 0 Å². The highest BCUT2D eigenvalue weighted by Gasteiger charge is 2.49. The number of hydrogen-bond acceptors (Lipinski definition) is 5. The number of hydrogen-bond donors (Lipinski definition) is 1. The number of piperazine rings is 1. The van der Waals surface area contributed by atoms with Crippen LogP contribution < -0.4 is 5.73 Å². The monoisotopic (exact) mass is 406 g/mol. The highest BCUT2D eigenvalue weighted by atomic mass is 19.1. The van der Waals surface area contributed by atoms with Gasteiger partial charge in [0.2, 0.25) is 5.91 Å². The summed E-state index contributed by atoms with van der Waals surface area (Å²) in [6, 6.07) is 2.89. The number of carbonyl (C=O) groups excluding carboxylic acids is 1. The summed E-state index contributed by atoms with van der Waals surface area (Å²) in [5.41, 5.74) is 4.59. The van der Waals surface area contributed by atoms with Crippen LogP contribution in [0.2, 0.25) is 0 Å². The van der Waals surface area contributed by atoms with Crippen molar-refractivity contribution >= 4 is 5.91 Å². The van der Waals surface area contributed by atoms with Crippen LogP contribution >= 0.6 is 0 Å². The first-order valence-corrected chi connectivity index (χ1v) is 10.7. The van der Waals surface area contributed by atoms with Crippen LogP contribution in [0.1, 0.15) is 45.7 Å². The van der Waals surface area contributed by atoms with Gasteiger partial charge in [-0.3, -0.25) is 14.7 Å². The van der Waals surface area contributed by atoms with Crippen molar-refractivity contribution < 1.29 is 13.9 Å². The van der Waals surface area contributed by atoms with Crippen LogP contribution in [0.15, 0.2) is 18.3 Å². The summed E-state index contributed by atoms with van der Waals surface area (Å²) in [5, 5.41) is 0. The van der Waals surface area contributed by atoms with Gasteiger partial charge in [0.25, 0.3) is 0 Å². The molecular weight excluding hydrogens is 371 g/mol. The minimum absolute atomic E-state index is 0.150. The predicted octanol–water partition coefficient (Wildman–Crippen LogP) is 2.18. The van der Waals surface area contributed by atoms with E-state index < -0.39 is 17.1 Å². The second-order valence-corrected chi connectivity index (χ2v) is 9.23. The molecule has 1 atom stereocenters. The lowest BCUT2D eigenvalue weighted by Crippen LogP contribution is -2.62. The number of nitrogens with zero attached hydrogens (tertiary/aromatic N) is 3. The summed E-state index contributed by atoms with van der Waals surface area (Å²) in [4.78, 5) is 21.8. The summed E-state index contributed by atoms with van der Waals surface area (Å²) in [5.74, 6) is -0.360. The molecule has 0 saturated carbocycles. The molecule has 6 nitrogen and oxygen atoms in total. The Morgan fingerprint density at radius 2 is 1.97 bits per heavy atom. The van der Waals surface area contributed by atoms with Crippen molar-refractivity contribution in [1.29, 1.82) is 0 Å². The van der Waals surface area contributed by atoms with Gasteiger partial charge in [-0.15, -0.1) is 0 Å². The number of pyridine rings is 1. The van der Waals surface area contributed by atoms with E-state index in [1.165, 1.54) is 12.3 Å². The standard InChI is InChI=1S/C22H35FN4O2/c1-17(2)15-26-9-11-27(12-10-26)22(6-13-29-14-7-22)16-21(3,20(24)28)19-18(23)5-4-8-25-19/h4-5,8,17H,6-7,9-16H2,1-3H3,(H2,24,28). The number of aromatic nitrogens is 1. The second-order valence-electron chi connectivity index (χ2n) is 9.23. The zero-order valence-electron chi connectivity index (χ0n) is 18.0. The van der Waals surface area contributed by atoms with Crippen LogP contribution in [-0.2, 0) is 14.9 Å². The molecule has 1 amide bonds. The average molecular weight is 407 g/mol. The molecule has 3 heterocycles. The molecule has 0 radical (unpaired) electrons. The van der Waals surface area contributed by atoms with Gasteiger partial charge >= 0.3 is 0 Å². The number of ether oxygens (including phenoxy) is 1. The lowest BCUT2D eigenvalue weighted by atomic mass is 9.70. The molecule has 1 unspecified atom stereocenters. The third-order valence-electron chi connectivity index (χ3n) is 6.60. The van der Waals surface area contributed by atoms with Gasteiger partial charge in [-0.2, -0.15) is 0 Å². The fourth-order valence-electron chi connectivity index (χ4n) is 5.01. The third-order valence-corrected chi connectivity index (χ3v) is 6.60. The highest BCUT2D eigenvalue weighted by Crippen LogP contribution is 2.41. The van der Waals surface area contributed by atoms with Crippen LogP contribution in [0.3, 0.4) is 0 Å². The van der Waals surface area contributed by atoms with E-state index in [0.717, 1.165) is 45.6 Å². The zero-order valence-corrected chi connectivity index (χ0v) is 18.0. The number of carbonyl (C=O) groups is 1. The predicted molar refractivity (Wildman–Crippen MR) is 111 cm³/mol. The van der Waals surface area contributed by atoms with Crippen LogP contribution in [0.4, 0.5) is 4.39 Å². The minimum Gasteiger partial charge on any atom is -0.381 e. The Morgan fingerprint density at radius 3 is 2.52 bits per heavy atom. The summed E-state index contributed by atoms with van der Waals surface area (Å²) in [6.07, 6.45) is 3.61. The quantitative estimate of drug-likeness (QED) is 0.751. The summed E-state index contributed by atoms with van der Waals surface area (Å²) >= 11 is 0. The smallest absolute Gasteiger partial charge is 0.229 e. The molecule has 0 aromatic carbocycles. The van der Waals surface area contributed by atoms with E-state index in [2.05, 4.69) is 28.6 Å². The molecule has 2 aliphatic rings. The molecule has 1 aromatic heterocycles.